The molecule has 2 heterocycles. The van der Waals surface area contributed by atoms with Gasteiger partial charge in [-0.2, -0.15) is 0 Å². The fraction of sp³-hybridized carbons (Fsp3) is 0.600. The summed E-state index contributed by atoms with van der Waals surface area (Å²) in [5, 5.41) is 0. The van der Waals surface area contributed by atoms with Crippen molar-refractivity contribution < 1.29 is 0 Å². The zero-order valence-corrected chi connectivity index (χ0v) is 14.3. The topological polar surface area (TPSA) is 3.24 Å². The Kier molecular flexibility index (Phi) is 6.07. The lowest BCUT2D eigenvalue weighted by Crippen LogP contribution is -2.36. The van der Waals surface area contributed by atoms with Gasteiger partial charge in [0.2, 0.25) is 0 Å². The van der Waals surface area contributed by atoms with E-state index < -0.39 is 0 Å². The first-order valence-electron chi connectivity index (χ1n) is 6.95. The van der Waals surface area contributed by atoms with Crippen molar-refractivity contribution in [3.05, 3.63) is 28.2 Å². The first-order valence-corrected chi connectivity index (χ1v) is 8.73. The molecule has 0 saturated carbocycles. The van der Waals surface area contributed by atoms with E-state index >= 15 is 0 Å². The van der Waals surface area contributed by atoms with Crippen molar-refractivity contribution in [3.63, 3.8) is 0 Å². The maximum atomic E-state index is 3.59. The van der Waals surface area contributed by atoms with Crippen molar-refractivity contribution in [2.45, 2.75) is 30.6 Å². The maximum Gasteiger partial charge on any atom is 0.0178 e. The Hall–Kier alpha value is 0.300. The van der Waals surface area contributed by atoms with Crippen molar-refractivity contribution in [1.82, 2.24) is 4.90 Å². The van der Waals surface area contributed by atoms with E-state index in [-0.39, 0.29) is 12.4 Å². The van der Waals surface area contributed by atoms with Gasteiger partial charge in [-0.3, -0.25) is 0 Å². The Bertz CT molecular complexity index is 421. The lowest BCUT2D eigenvalue weighted by atomic mass is 9.98. The van der Waals surface area contributed by atoms with Crippen LogP contribution >= 0.6 is 40.1 Å². The third-order valence-corrected chi connectivity index (χ3v) is 5.81. The maximum absolute atomic E-state index is 3.59. The van der Waals surface area contributed by atoms with Crippen LogP contribution in [0, 0.1) is 5.92 Å². The Labute approximate surface area is 135 Å². The summed E-state index contributed by atoms with van der Waals surface area (Å²) in [6.45, 7) is 3.96. The summed E-state index contributed by atoms with van der Waals surface area (Å²) in [7, 11) is 0. The van der Waals surface area contributed by atoms with Crippen molar-refractivity contribution in [1.29, 1.82) is 0 Å². The molecule has 1 atom stereocenters. The highest BCUT2D eigenvalue weighted by Crippen LogP contribution is 2.35. The highest BCUT2D eigenvalue weighted by molar-refractivity contribution is 9.10. The molecule has 0 aliphatic carbocycles. The molecule has 19 heavy (non-hydrogen) atoms. The molecular weight excluding hydrogens is 342 g/mol. The number of fused-ring (bicyclic) bond motifs is 1. The lowest BCUT2D eigenvalue weighted by Gasteiger charge is -2.32. The van der Waals surface area contributed by atoms with E-state index in [1.807, 2.05) is 11.8 Å². The minimum atomic E-state index is 0. The minimum absolute atomic E-state index is 0. The van der Waals surface area contributed by atoms with Crippen LogP contribution in [0.5, 0.6) is 0 Å². The average Bonchev–Trinajstić information content (AvgIpc) is 2.39. The van der Waals surface area contributed by atoms with E-state index in [1.54, 1.807) is 5.56 Å². The molecule has 0 bridgehead atoms. The normalized spacial score (nSPS) is 23.5. The summed E-state index contributed by atoms with van der Waals surface area (Å²) in [4.78, 5) is 4.17. The number of rotatable bonds is 2. The molecule has 0 amide bonds. The first kappa shape index (κ1) is 15.7. The third kappa shape index (κ3) is 4.13. The van der Waals surface area contributed by atoms with Crippen LogP contribution in [-0.2, 0) is 6.42 Å². The van der Waals surface area contributed by atoms with Crippen molar-refractivity contribution in [2.24, 2.45) is 5.92 Å². The highest BCUT2D eigenvalue weighted by atomic mass is 79.9. The number of benzene rings is 1. The van der Waals surface area contributed by atoms with Gasteiger partial charge in [0.15, 0.2) is 0 Å². The monoisotopic (exact) mass is 361 g/mol. The minimum Gasteiger partial charge on any atom is -0.303 e. The number of piperidine rings is 1. The smallest absolute Gasteiger partial charge is 0.0178 e. The molecule has 0 aromatic heterocycles. The number of hydrogen-bond donors (Lipinski definition) is 0. The molecule has 1 aromatic carbocycles. The van der Waals surface area contributed by atoms with Crippen LogP contribution in [0.2, 0.25) is 0 Å². The van der Waals surface area contributed by atoms with Crippen LogP contribution in [-0.4, -0.2) is 30.3 Å². The molecule has 2 aliphatic rings. The largest absolute Gasteiger partial charge is 0.303 e. The molecule has 106 valence electrons. The molecule has 1 aromatic rings. The van der Waals surface area contributed by atoms with Gasteiger partial charge in [-0.05, 0) is 62.0 Å². The third-order valence-electron chi connectivity index (χ3n) is 3.97. The molecule has 3 rings (SSSR count). The second-order valence-electron chi connectivity index (χ2n) is 5.49. The van der Waals surface area contributed by atoms with Gasteiger partial charge in [0, 0.05) is 21.7 Å². The first-order chi connectivity index (χ1) is 8.81. The Balaban J connectivity index is 0.00000133. The van der Waals surface area contributed by atoms with Crippen LogP contribution in [0.3, 0.4) is 0 Å². The summed E-state index contributed by atoms with van der Waals surface area (Å²) < 4.78 is 1.22. The number of nitrogens with zero attached hydrogens (tertiary/aromatic N) is 1. The summed E-state index contributed by atoms with van der Waals surface area (Å²) in [6.07, 6.45) is 5.51. The fourth-order valence-corrected chi connectivity index (χ4v) is 4.59. The predicted molar refractivity (Wildman–Crippen MR) is 89.6 cm³/mol. The van der Waals surface area contributed by atoms with E-state index in [4.69, 9.17) is 0 Å². The molecule has 2 aliphatic heterocycles. The van der Waals surface area contributed by atoms with Crippen LogP contribution in [0.15, 0.2) is 27.6 Å². The second kappa shape index (κ2) is 7.35. The van der Waals surface area contributed by atoms with Crippen molar-refractivity contribution in [2.75, 3.05) is 25.4 Å². The predicted octanol–water partition coefficient (Wildman–Crippen LogP) is 4.62. The van der Waals surface area contributed by atoms with Gasteiger partial charge >= 0.3 is 0 Å². The van der Waals surface area contributed by atoms with Crippen molar-refractivity contribution in [3.8, 4) is 0 Å². The van der Waals surface area contributed by atoms with Crippen LogP contribution < -0.4 is 0 Å². The molecular formula is C15H21BrClNS. The molecule has 4 heteroatoms. The standard InChI is InChI=1S/C15H20BrNS.ClH/c16-14-4-5-15-13(9-14)8-12(11-18-15)10-17-6-2-1-3-7-17;/h4-5,9,12H,1-3,6-8,10-11H2;1H. The number of hydrogen-bond acceptors (Lipinski definition) is 2. The molecule has 0 N–H and O–H groups in total. The summed E-state index contributed by atoms with van der Waals surface area (Å²) in [6, 6.07) is 6.74. The number of likely N-dealkylation sites (tertiary alicyclic amines) is 1. The highest BCUT2D eigenvalue weighted by Gasteiger charge is 2.22. The van der Waals surface area contributed by atoms with Gasteiger partial charge in [-0.25, -0.2) is 0 Å². The number of halogens is 2. The second-order valence-corrected chi connectivity index (χ2v) is 7.47. The summed E-state index contributed by atoms with van der Waals surface area (Å²) in [5.74, 6) is 2.14. The molecule has 1 nitrogen and oxygen atoms in total. The molecule has 1 saturated heterocycles. The molecule has 1 unspecified atom stereocenters. The van der Waals surface area contributed by atoms with E-state index in [1.165, 1.54) is 60.4 Å². The zero-order chi connectivity index (χ0) is 12.4. The summed E-state index contributed by atoms with van der Waals surface area (Å²) >= 11 is 5.64. The Morgan fingerprint density at radius 3 is 2.79 bits per heavy atom. The molecule has 1 fully saturated rings. The molecule has 0 spiro atoms. The van der Waals surface area contributed by atoms with Crippen molar-refractivity contribution >= 4 is 40.1 Å². The van der Waals surface area contributed by atoms with Crippen LogP contribution in [0.25, 0.3) is 0 Å². The zero-order valence-electron chi connectivity index (χ0n) is 11.1. The number of thioether (sulfide) groups is 1. The average molecular weight is 363 g/mol. The Morgan fingerprint density at radius 2 is 2.00 bits per heavy atom. The van der Waals surface area contributed by atoms with E-state index in [9.17, 15) is 0 Å². The van der Waals surface area contributed by atoms with E-state index in [0.717, 1.165) is 5.92 Å². The quantitative estimate of drug-likeness (QED) is 0.755. The van der Waals surface area contributed by atoms with Gasteiger partial charge in [0.1, 0.15) is 0 Å². The van der Waals surface area contributed by atoms with Gasteiger partial charge in [-0.15, -0.1) is 24.2 Å². The van der Waals surface area contributed by atoms with Gasteiger partial charge in [0.25, 0.3) is 0 Å². The lowest BCUT2D eigenvalue weighted by molar-refractivity contribution is 0.201. The Morgan fingerprint density at radius 1 is 1.21 bits per heavy atom. The summed E-state index contributed by atoms with van der Waals surface area (Å²) in [5.41, 5.74) is 1.54. The van der Waals surface area contributed by atoms with Gasteiger partial charge < -0.3 is 4.90 Å². The SMILES string of the molecule is Brc1ccc2c(c1)CC(CN1CCCCC1)CS2.Cl. The van der Waals surface area contributed by atoms with E-state index in [0.29, 0.717) is 0 Å². The van der Waals surface area contributed by atoms with Gasteiger partial charge in [0.05, 0.1) is 0 Å². The fourth-order valence-electron chi connectivity index (χ4n) is 3.05. The van der Waals surface area contributed by atoms with Crippen LogP contribution in [0.4, 0.5) is 0 Å². The molecule has 0 radical (unpaired) electrons. The van der Waals surface area contributed by atoms with E-state index in [2.05, 4.69) is 39.0 Å². The van der Waals surface area contributed by atoms with Gasteiger partial charge in [-0.1, -0.05) is 22.4 Å². The van der Waals surface area contributed by atoms with Crippen LogP contribution in [0.1, 0.15) is 24.8 Å².